The summed E-state index contributed by atoms with van der Waals surface area (Å²) in [5.74, 6) is -2.13. The number of carbonyl (C=O) groups is 4. The summed E-state index contributed by atoms with van der Waals surface area (Å²) >= 11 is 0. The molecule has 0 radical (unpaired) electrons. The molecule has 4 aromatic rings. The van der Waals surface area contributed by atoms with E-state index in [2.05, 4.69) is 24.3 Å². The van der Waals surface area contributed by atoms with Crippen LogP contribution < -0.4 is 9.47 Å². The first kappa shape index (κ1) is 27.5. The van der Waals surface area contributed by atoms with Crippen molar-refractivity contribution in [2.45, 2.75) is 43.6 Å². The predicted octanol–water partition coefficient (Wildman–Crippen LogP) is 6.26. The van der Waals surface area contributed by atoms with E-state index >= 15 is 0 Å². The number of hydrogen-bond donors (Lipinski definition) is 0. The molecule has 5 aliphatic rings. The van der Waals surface area contributed by atoms with E-state index in [1.807, 2.05) is 30.3 Å². The van der Waals surface area contributed by atoms with E-state index in [4.69, 9.17) is 9.47 Å². The van der Waals surface area contributed by atoms with Crippen LogP contribution in [0.15, 0.2) is 103 Å². The number of imide groups is 1. The summed E-state index contributed by atoms with van der Waals surface area (Å²) in [5, 5.41) is 0. The van der Waals surface area contributed by atoms with E-state index in [0.717, 1.165) is 22.3 Å². The van der Waals surface area contributed by atoms with Crippen molar-refractivity contribution in [1.82, 2.24) is 4.90 Å². The normalized spacial score (nSPS) is 26.1. The molecule has 1 saturated heterocycles. The highest BCUT2D eigenvalue weighted by atomic mass is 16.6. The lowest BCUT2D eigenvalue weighted by atomic mass is 9.55. The Morgan fingerprint density at radius 1 is 0.578 bits per heavy atom. The minimum atomic E-state index is -0.612. The van der Waals surface area contributed by atoms with Crippen LogP contribution in [0.2, 0.25) is 0 Å². The standard InChI is InChI=1S/C38H31NO6/c40-35-33-31-25-12-4-5-13-26(25)32(28-15-7-6-14-27(28)31)34(33)36(41)39(35)23-20-18-22(19-21-23)37(42)45-30-17-9-8-16-29(30)38(43)44-24-10-2-1-3-11-24/h1-17,22-23,31-34H,18-21H2/t22?,23?,31?,32?,33-,34-/m1/s1. The van der Waals surface area contributed by atoms with Gasteiger partial charge in [0.25, 0.3) is 0 Å². The van der Waals surface area contributed by atoms with Gasteiger partial charge >= 0.3 is 11.9 Å². The molecule has 2 fully saturated rings. The van der Waals surface area contributed by atoms with Crippen molar-refractivity contribution in [2.24, 2.45) is 17.8 Å². The van der Waals surface area contributed by atoms with E-state index in [1.165, 1.54) is 0 Å². The summed E-state index contributed by atoms with van der Waals surface area (Å²) in [4.78, 5) is 55.9. The molecule has 0 unspecified atom stereocenters. The van der Waals surface area contributed by atoms with Crippen molar-refractivity contribution >= 4 is 23.8 Å². The first-order chi connectivity index (χ1) is 22.0. The number of esters is 2. The minimum Gasteiger partial charge on any atom is -0.425 e. The smallest absolute Gasteiger partial charge is 0.347 e. The third-order valence-corrected chi connectivity index (χ3v) is 10.1. The topological polar surface area (TPSA) is 90.0 Å². The summed E-state index contributed by atoms with van der Waals surface area (Å²) < 4.78 is 11.2. The van der Waals surface area contributed by atoms with Gasteiger partial charge in [0.2, 0.25) is 11.8 Å². The van der Waals surface area contributed by atoms with Gasteiger partial charge in [-0.3, -0.25) is 19.3 Å². The fourth-order valence-corrected chi connectivity index (χ4v) is 8.20. The van der Waals surface area contributed by atoms with Crippen LogP contribution in [0, 0.1) is 17.8 Å². The molecule has 224 valence electrons. The van der Waals surface area contributed by atoms with Crippen molar-refractivity contribution in [1.29, 1.82) is 0 Å². The fraction of sp³-hybridized carbons (Fsp3) is 0.263. The number of amides is 2. The summed E-state index contributed by atoms with van der Waals surface area (Å²) in [5.41, 5.74) is 4.79. The van der Waals surface area contributed by atoms with Crippen molar-refractivity contribution < 1.29 is 28.7 Å². The lowest BCUT2D eigenvalue weighted by Gasteiger charge is -2.45. The highest BCUT2D eigenvalue weighted by molar-refractivity contribution is 6.08. The third kappa shape index (κ3) is 4.40. The number of carbonyl (C=O) groups excluding carboxylic acids is 4. The minimum absolute atomic E-state index is 0.0825. The second-order valence-electron chi connectivity index (χ2n) is 12.4. The van der Waals surface area contributed by atoms with Gasteiger partial charge in [-0.05, 0) is 72.2 Å². The van der Waals surface area contributed by atoms with Gasteiger partial charge in [0.1, 0.15) is 17.1 Å². The van der Waals surface area contributed by atoms with Crippen LogP contribution in [0.1, 0.15) is 70.1 Å². The van der Waals surface area contributed by atoms with Crippen LogP contribution in [0.25, 0.3) is 0 Å². The van der Waals surface area contributed by atoms with Crippen molar-refractivity contribution in [2.75, 3.05) is 0 Å². The molecule has 2 bridgehead atoms. The molecule has 2 amide bonds. The van der Waals surface area contributed by atoms with Gasteiger partial charge in [-0.25, -0.2) is 4.79 Å². The van der Waals surface area contributed by atoms with Gasteiger partial charge in [-0.15, -0.1) is 0 Å². The number of nitrogens with zero attached hydrogens (tertiary/aromatic N) is 1. The third-order valence-electron chi connectivity index (χ3n) is 10.1. The second kappa shape index (κ2) is 10.8. The predicted molar refractivity (Wildman–Crippen MR) is 165 cm³/mol. The van der Waals surface area contributed by atoms with Crippen molar-refractivity contribution in [3.63, 3.8) is 0 Å². The number of benzene rings is 4. The maximum absolute atomic E-state index is 14.1. The molecule has 0 aromatic heterocycles. The molecule has 2 atom stereocenters. The molecule has 1 aliphatic heterocycles. The first-order valence-corrected chi connectivity index (χ1v) is 15.6. The lowest BCUT2D eigenvalue weighted by molar-refractivity contribution is -0.144. The Morgan fingerprint density at radius 2 is 1.07 bits per heavy atom. The Labute approximate surface area is 260 Å². The Bertz CT molecular complexity index is 1730. The van der Waals surface area contributed by atoms with E-state index in [0.29, 0.717) is 31.4 Å². The molecule has 0 spiro atoms. The average molecular weight is 598 g/mol. The van der Waals surface area contributed by atoms with Gasteiger partial charge in [-0.2, -0.15) is 0 Å². The number of likely N-dealkylation sites (tertiary alicyclic amines) is 1. The Balaban J connectivity index is 0.969. The molecule has 4 aromatic carbocycles. The van der Waals surface area contributed by atoms with E-state index in [-0.39, 0.29) is 41.0 Å². The molecular weight excluding hydrogens is 566 g/mol. The van der Waals surface area contributed by atoms with Crippen LogP contribution in [-0.2, 0) is 14.4 Å². The summed E-state index contributed by atoms with van der Waals surface area (Å²) in [6, 6.07) is 31.5. The van der Waals surface area contributed by atoms with Crippen LogP contribution in [0.5, 0.6) is 11.5 Å². The SMILES string of the molecule is O=C(Oc1ccccc1)c1ccccc1OC(=O)C1CCC(N2C(=O)[C@@H]3C4c5ccccc5C(c5ccccc54)[C@H]3C2=O)CC1. The summed E-state index contributed by atoms with van der Waals surface area (Å²) in [7, 11) is 0. The second-order valence-corrected chi connectivity index (χ2v) is 12.4. The fourth-order valence-electron chi connectivity index (χ4n) is 8.20. The largest absolute Gasteiger partial charge is 0.425 e. The highest BCUT2D eigenvalue weighted by Gasteiger charge is 2.62. The number of ether oxygens (including phenoxy) is 2. The zero-order valence-corrected chi connectivity index (χ0v) is 24.5. The zero-order chi connectivity index (χ0) is 30.7. The Hall–Kier alpha value is -5.04. The Kier molecular flexibility index (Phi) is 6.63. The number of hydrogen-bond acceptors (Lipinski definition) is 6. The molecule has 1 heterocycles. The molecular formula is C38H31NO6. The maximum atomic E-state index is 14.1. The monoisotopic (exact) mass is 597 g/mol. The zero-order valence-electron chi connectivity index (χ0n) is 24.5. The lowest BCUT2D eigenvalue weighted by Crippen LogP contribution is -2.44. The van der Waals surface area contributed by atoms with E-state index in [1.54, 1.807) is 53.4 Å². The number of para-hydroxylation sites is 2. The van der Waals surface area contributed by atoms with Gasteiger partial charge in [0.15, 0.2) is 0 Å². The van der Waals surface area contributed by atoms with Crippen LogP contribution in [0.3, 0.4) is 0 Å². The highest BCUT2D eigenvalue weighted by Crippen LogP contribution is 2.61. The van der Waals surface area contributed by atoms with Crippen LogP contribution >= 0.6 is 0 Å². The summed E-state index contributed by atoms with van der Waals surface area (Å²) in [6.45, 7) is 0. The van der Waals surface area contributed by atoms with Gasteiger partial charge in [0.05, 0.1) is 17.8 Å². The van der Waals surface area contributed by atoms with E-state index in [9.17, 15) is 19.2 Å². The number of rotatable bonds is 5. The molecule has 1 saturated carbocycles. The maximum Gasteiger partial charge on any atom is 0.347 e. The first-order valence-electron chi connectivity index (χ1n) is 15.6. The van der Waals surface area contributed by atoms with Crippen molar-refractivity contribution in [3.8, 4) is 11.5 Å². The molecule has 7 nitrogen and oxygen atoms in total. The van der Waals surface area contributed by atoms with Gasteiger partial charge in [-0.1, -0.05) is 78.9 Å². The van der Waals surface area contributed by atoms with Gasteiger partial charge in [0, 0.05) is 17.9 Å². The summed E-state index contributed by atoms with van der Waals surface area (Å²) in [6.07, 6.45) is 2.03. The van der Waals surface area contributed by atoms with Gasteiger partial charge < -0.3 is 9.47 Å². The quantitative estimate of drug-likeness (QED) is 0.153. The van der Waals surface area contributed by atoms with Crippen LogP contribution in [-0.4, -0.2) is 34.7 Å². The van der Waals surface area contributed by atoms with Crippen molar-refractivity contribution in [3.05, 3.63) is 131 Å². The molecule has 7 heteroatoms. The van der Waals surface area contributed by atoms with E-state index < -0.39 is 29.7 Å². The Morgan fingerprint density at radius 3 is 1.62 bits per heavy atom. The molecule has 45 heavy (non-hydrogen) atoms. The average Bonchev–Trinajstić information content (AvgIpc) is 3.35. The molecule has 9 rings (SSSR count). The molecule has 4 aliphatic carbocycles. The van der Waals surface area contributed by atoms with Crippen LogP contribution in [0.4, 0.5) is 0 Å². The molecule has 0 N–H and O–H groups in total.